The Bertz CT molecular complexity index is 658. The van der Waals surface area contributed by atoms with Gasteiger partial charge in [0.05, 0.1) is 11.5 Å². The minimum absolute atomic E-state index is 0.0258. The number of nitro benzene ring substituents is 1. The quantitative estimate of drug-likeness (QED) is 0.617. The summed E-state index contributed by atoms with van der Waals surface area (Å²) in [5.41, 5.74) is 0.0131. The molecule has 21 heavy (non-hydrogen) atoms. The van der Waals surface area contributed by atoms with Gasteiger partial charge in [-0.1, -0.05) is 17.7 Å². The molecule has 0 unspecified atom stereocenters. The molecule has 110 valence electrons. The summed E-state index contributed by atoms with van der Waals surface area (Å²) in [7, 11) is 0. The van der Waals surface area contributed by atoms with E-state index in [1.807, 2.05) is 24.4 Å². The summed E-state index contributed by atoms with van der Waals surface area (Å²) in [6.07, 6.45) is 0. The Labute approximate surface area is 130 Å². The second-order valence-corrected chi connectivity index (χ2v) is 5.76. The van der Waals surface area contributed by atoms with E-state index in [1.54, 1.807) is 16.2 Å². The molecule has 0 aliphatic rings. The van der Waals surface area contributed by atoms with Crippen molar-refractivity contribution in [1.82, 2.24) is 4.90 Å². The van der Waals surface area contributed by atoms with E-state index < -0.39 is 4.92 Å². The van der Waals surface area contributed by atoms with Crippen LogP contribution >= 0.6 is 22.9 Å². The van der Waals surface area contributed by atoms with Crippen molar-refractivity contribution in [3.63, 3.8) is 0 Å². The molecule has 5 nitrogen and oxygen atoms in total. The fourth-order valence-corrected chi connectivity index (χ4v) is 2.79. The van der Waals surface area contributed by atoms with Crippen LogP contribution in [0.2, 0.25) is 5.02 Å². The van der Waals surface area contributed by atoms with Crippen molar-refractivity contribution in [2.75, 3.05) is 6.54 Å². The SMILES string of the molecule is CCN(Cc1cccs1)C(=O)c1ccc(Cl)c([N+](=O)[O-])c1. The van der Waals surface area contributed by atoms with Crippen LogP contribution in [0.1, 0.15) is 22.2 Å². The van der Waals surface area contributed by atoms with Crippen molar-refractivity contribution in [3.8, 4) is 0 Å². The normalized spacial score (nSPS) is 10.4. The summed E-state index contributed by atoms with van der Waals surface area (Å²) >= 11 is 7.33. The number of hydrogen-bond acceptors (Lipinski definition) is 4. The molecule has 0 fully saturated rings. The van der Waals surface area contributed by atoms with Gasteiger partial charge in [0.15, 0.2) is 0 Å². The maximum atomic E-state index is 12.5. The van der Waals surface area contributed by atoms with Crippen molar-refractivity contribution in [2.24, 2.45) is 0 Å². The standard InChI is InChI=1S/C14H13ClN2O3S/c1-2-16(9-11-4-3-7-21-11)14(18)10-5-6-12(15)13(8-10)17(19)20/h3-8H,2,9H2,1H3. The summed E-state index contributed by atoms with van der Waals surface area (Å²) in [5, 5.41) is 12.9. The second-order valence-electron chi connectivity index (χ2n) is 4.32. The molecule has 0 aliphatic carbocycles. The molecule has 0 saturated heterocycles. The van der Waals surface area contributed by atoms with E-state index >= 15 is 0 Å². The molecule has 0 radical (unpaired) electrons. The number of halogens is 1. The number of nitrogens with zero attached hydrogens (tertiary/aromatic N) is 2. The van der Waals surface area contributed by atoms with E-state index in [9.17, 15) is 14.9 Å². The minimum Gasteiger partial charge on any atom is -0.334 e. The van der Waals surface area contributed by atoms with Crippen LogP contribution in [0, 0.1) is 10.1 Å². The summed E-state index contributed by atoms with van der Waals surface area (Å²) < 4.78 is 0. The second kappa shape index (κ2) is 6.69. The summed E-state index contributed by atoms with van der Waals surface area (Å²) in [6, 6.07) is 7.98. The van der Waals surface area contributed by atoms with Crippen molar-refractivity contribution < 1.29 is 9.72 Å². The average Bonchev–Trinajstić information content (AvgIpc) is 2.97. The Balaban J connectivity index is 2.25. The van der Waals surface area contributed by atoms with Crippen LogP contribution in [0.3, 0.4) is 0 Å². The maximum Gasteiger partial charge on any atom is 0.288 e. The molecule has 0 bridgehead atoms. The Hall–Kier alpha value is -1.92. The third-order valence-electron chi connectivity index (χ3n) is 2.99. The van der Waals surface area contributed by atoms with Crippen LogP contribution in [-0.2, 0) is 6.54 Å². The number of amides is 1. The molecule has 0 saturated carbocycles. The molecule has 0 N–H and O–H groups in total. The average molecular weight is 325 g/mol. The number of rotatable bonds is 5. The van der Waals surface area contributed by atoms with Crippen molar-refractivity contribution >= 4 is 34.5 Å². The highest BCUT2D eigenvalue weighted by molar-refractivity contribution is 7.09. The van der Waals surface area contributed by atoms with Crippen molar-refractivity contribution in [2.45, 2.75) is 13.5 Å². The zero-order valence-corrected chi connectivity index (χ0v) is 12.9. The molecule has 0 spiro atoms. The maximum absolute atomic E-state index is 12.5. The van der Waals surface area contributed by atoms with Gasteiger partial charge in [-0.25, -0.2) is 0 Å². The molecule has 1 aromatic heterocycles. The lowest BCUT2D eigenvalue weighted by Gasteiger charge is -2.20. The van der Waals surface area contributed by atoms with Gasteiger partial charge in [0.1, 0.15) is 5.02 Å². The molecular formula is C14H13ClN2O3S. The number of carbonyl (C=O) groups is 1. The number of nitro groups is 1. The van der Waals surface area contributed by atoms with E-state index in [-0.39, 0.29) is 22.2 Å². The van der Waals surface area contributed by atoms with Crippen molar-refractivity contribution in [3.05, 3.63) is 61.3 Å². The highest BCUT2D eigenvalue weighted by Crippen LogP contribution is 2.26. The van der Waals surface area contributed by atoms with Gasteiger partial charge in [0.25, 0.3) is 11.6 Å². The lowest BCUT2D eigenvalue weighted by molar-refractivity contribution is -0.384. The summed E-state index contributed by atoms with van der Waals surface area (Å²) in [4.78, 5) is 25.5. The van der Waals surface area contributed by atoms with E-state index in [0.717, 1.165) is 4.88 Å². The van der Waals surface area contributed by atoms with Gasteiger partial charge in [0, 0.05) is 23.1 Å². The number of benzene rings is 1. The first-order valence-electron chi connectivity index (χ1n) is 6.28. The fraction of sp³-hybridized carbons (Fsp3) is 0.214. The third kappa shape index (κ3) is 3.59. The number of hydrogen-bond donors (Lipinski definition) is 0. The highest BCUT2D eigenvalue weighted by Gasteiger charge is 2.20. The van der Waals surface area contributed by atoms with Crippen LogP contribution in [-0.4, -0.2) is 22.3 Å². The van der Waals surface area contributed by atoms with E-state index in [1.165, 1.54) is 18.2 Å². The first-order chi connectivity index (χ1) is 10.0. The van der Waals surface area contributed by atoms with Gasteiger partial charge >= 0.3 is 0 Å². The monoisotopic (exact) mass is 324 g/mol. The van der Waals surface area contributed by atoms with Gasteiger partial charge < -0.3 is 4.90 Å². The lowest BCUT2D eigenvalue weighted by atomic mass is 10.1. The Morgan fingerprint density at radius 2 is 2.19 bits per heavy atom. The number of thiophene rings is 1. The molecule has 7 heteroatoms. The summed E-state index contributed by atoms with van der Waals surface area (Å²) in [5.74, 6) is -0.245. The zero-order valence-electron chi connectivity index (χ0n) is 11.3. The minimum atomic E-state index is -0.589. The van der Waals surface area contributed by atoms with Crippen LogP contribution in [0.15, 0.2) is 35.7 Å². The molecular weight excluding hydrogens is 312 g/mol. The molecule has 0 atom stereocenters. The zero-order chi connectivity index (χ0) is 15.4. The third-order valence-corrected chi connectivity index (χ3v) is 4.17. The van der Waals surface area contributed by atoms with Crippen molar-refractivity contribution in [1.29, 1.82) is 0 Å². The van der Waals surface area contributed by atoms with Gasteiger partial charge in [0.2, 0.25) is 0 Å². The smallest absolute Gasteiger partial charge is 0.288 e. The molecule has 2 rings (SSSR count). The van der Waals surface area contributed by atoms with Crippen LogP contribution in [0.5, 0.6) is 0 Å². The molecule has 0 aliphatic heterocycles. The highest BCUT2D eigenvalue weighted by atomic mass is 35.5. The predicted molar refractivity (Wildman–Crippen MR) is 82.8 cm³/mol. The topological polar surface area (TPSA) is 63.5 Å². The first-order valence-corrected chi connectivity index (χ1v) is 7.54. The van der Waals surface area contributed by atoms with E-state index in [0.29, 0.717) is 13.1 Å². The Morgan fingerprint density at radius 1 is 1.43 bits per heavy atom. The van der Waals surface area contributed by atoms with Crippen LogP contribution in [0.4, 0.5) is 5.69 Å². The van der Waals surface area contributed by atoms with E-state index in [2.05, 4.69) is 0 Å². The first kappa shape index (κ1) is 15.5. The van der Waals surface area contributed by atoms with Gasteiger partial charge in [-0.2, -0.15) is 0 Å². The van der Waals surface area contributed by atoms with Crippen LogP contribution < -0.4 is 0 Å². The van der Waals surface area contributed by atoms with Gasteiger partial charge in [-0.3, -0.25) is 14.9 Å². The number of carbonyl (C=O) groups excluding carboxylic acids is 1. The lowest BCUT2D eigenvalue weighted by Crippen LogP contribution is -2.30. The molecule has 1 heterocycles. The predicted octanol–water partition coefficient (Wildman–Crippen LogP) is 3.97. The van der Waals surface area contributed by atoms with Gasteiger partial charge in [-0.15, -0.1) is 11.3 Å². The summed E-state index contributed by atoms with van der Waals surface area (Å²) in [6.45, 7) is 2.88. The van der Waals surface area contributed by atoms with Crippen LogP contribution in [0.25, 0.3) is 0 Å². The fourth-order valence-electron chi connectivity index (χ4n) is 1.89. The van der Waals surface area contributed by atoms with E-state index in [4.69, 9.17) is 11.6 Å². The molecule has 1 amide bonds. The molecule has 2 aromatic rings. The largest absolute Gasteiger partial charge is 0.334 e. The Morgan fingerprint density at radius 3 is 2.76 bits per heavy atom. The molecule has 1 aromatic carbocycles. The van der Waals surface area contributed by atoms with Gasteiger partial charge in [-0.05, 0) is 30.5 Å². The Kier molecular flexibility index (Phi) is 4.93.